The van der Waals surface area contributed by atoms with Crippen LogP contribution in [-0.2, 0) is 46.4 Å². The van der Waals surface area contributed by atoms with Gasteiger partial charge in [0.1, 0.15) is 42.7 Å². The molecular formula is C33H35N3O10. The van der Waals surface area contributed by atoms with E-state index < -0.39 is 73.9 Å². The third-order valence-corrected chi connectivity index (χ3v) is 8.14. The van der Waals surface area contributed by atoms with Crippen molar-refractivity contribution in [2.24, 2.45) is 5.11 Å². The summed E-state index contributed by atoms with van der Waals surface area (Å²) in [5, 5.41) is 25.4. The Morgan fingerprint density at radius 3 is 2.07 bits per heavy atom. The Labute approximate surface area is 265 Å². The number of aliphatic hydroxyl groups excluding tert-OH is 2. The standard InChI is InChI=1S/C33H35N3O10/c34-36-35-25-28(40-17-20-10-4-1-5-11-20)27(24-19-42-32(25)44-24)46-33-30(45-31(39)22-14-8-3-9-15-22)29(26(38)23(16-37)43-33)41-18-21-12-6-2-7-13-21/h1-15,23-30,32-33,37-38H,16-19H2/t23-,24+,25+,26+,27+,28+,29-,30+,32+,33-/m0/s1. The summed E-state index contributed by atoms with van der Waals surface area (Å²) in [6.45, 7) is -0.226. The molecule has 0 aliphatic carbocycles. The molecule has 0 saturated carbocycles. The molecule has 3 aromatic carbocycles. The fourth-order valence-corrected chi connectivity index (χ4v) is 5.81. The minimum atomic E-state index is -1.38. The van der Waals surface area contributed by atoms with Crippen LogP contribution in [0.15, 0.2) is 96.1 Å². The van der Waals surface area contributed by atoms with Crippen molar-refractivity contribution in [1.82, 2.24) is 0 Å². The first-order valence-electron chi connectivity index (χ1n) is 15.0. The number of hydrogen-bond acceptors (Lipinski definition) is 11. The van der Waals surface area contributed by atoms with Gasteiger partial charge in [0.15, 0.2) is 18.7 Å². The van der Waals surface area contributed by atoms with E-state index >= 15 is 0 Å². The number of azide groups is 1. The summed E-state index contributed by atoms with van der Waals surface area (Å²) in [5.74, 6) is -0.696. The maximum absolute atomic E-state index is 13.4. The molecule has 3 saturated heterocycles. The van der Waals surface area contributed by atoms with Crippen molar-refractivity contribution in [2.75, 3.05) is 13.2 Å². The van der Waals surface area contributed by atoms with Crippen LogP contribution >= 0.6 is 0 Å². The molecule has 3 aliphatic heterocycles. The van der Waals surface area contributed by atoms with Crippen LogP contribution in [0.25, 0.3) is 10.4 Å². The molecule has 3 fully saturated rings. The summed E-state index contributed by atoms with van der Waals surface area (Å²) in [7, 11) is 0. The van der Waals surface area contributed by atoms with E-state index in [0.717, 1.165) is 11.1 Å². The summed E-state index contributed by atoms with van der Waals surface area (Å²) >= 11 is 0. The van der Waals surface area contributed by atoms with Crippen LogP contribution in [0.2, 0.25) is 0 Å². The van der Waals surface area contributed by atoms with Gasteiger partial charge in [-0.3, -0.25) is 0 Å². The first-order chi connectivity index (χ1) is 22.6. The number of aliphatic hydroxyl groups is 2. The highest BCUT2D eigenvalue weighted by Crippen LogP contribution is 2.37. The lowest BCUT2D eigenvalue weighted by Crippen LogP contribution is -2.64. The second-order valence-corrected chi connectivity index (χ2v) is 11.1. The molecule has 13 nitrogen and oxygen atoms in total. The maximum Gasteiger partial charge on any atom is 0.338 e. The monoisotopic (exact) mass is 633 g/mol. The molecule has 3 aliphatic rings. The third kappa shape index (κ3) is 7.24. The van der Waals surface area contributed by atoms with E-state index in [4.69, 9.17) is 33.2 Å². The average Bonchev–Trinajstić information content (AvgIpc) is 3.54. The van der Waals surface area contributed by atoms with E-state index in [1.54, 1.807) is 30.3 Å². The first kappa shape index (κ1) is 32.1. The number of benzene rings is 3. The van der Waals surface area contributed by atoms with Gasteiger partial charge in [0.2, 0.25) is 0 Å². The van der Waals surface area contributed by atoms with Crippen molar-refractivity contribution in [3.05, 3.63) is 118 Å². The minimum absolute atomic E-state index is 0.0687. The van der Waals surface area contributed by atoms with E-state index in [2.05, 4.69) is 10.0 Å². The van der Waals surface area contributed by atoms with Crippen LogP contribution in [0.4, 0.5) is 0 Å². The number of carbonyl (C=O) groups excluding carboxylic acids is 1. The predicted molar refractivity (Wildman–Crippen MR) is 160 cm³/mol. The van der Waals surface area contributed by atoms with Crippen molar-refractivity contribution < 1.29 is 48.2 Å². The molecule has 46 heavy (non-hydrogen) atoms. The fraction of sp³-hybridized carbons (Fsp3) is 0.424. The lowest BCUT2D eigenvalue weighted by Gasteiger charge is -2.46. The van der Waals surface area contributed by atoms with Gasteiger partial charge in [-0.25, -0.2) is 4.79 Å². The summed E-state index contributed by atoms with van der Waals surface area (Å²) < 4.78 is 42.9. The van der Waals surface area contributed by atoms with Gasteiger partial charge >= 0.3 is 5.97 Å². The van der Waals surface area contributed by atoms with Gasteiger partial charge in [-0.2, -0.15) is 0 Å². The lowest BCUT2D eigenvalue weighted by atomic mass is 9.96. The lowest BCUT2D eigenvalue weighted by molar-refractivity contribution is -0.337. The number of fused-ring (bicyclic) bond motifs is 2. The highest BCUT2D eigenvalue weighted by atomic mass is 16.8. The normalized spacial score (nSPS) is 32.0. The van der Waals surface area contributed by atoms with Crippen LogP contribution in [0, 0.1) is 0 Å². The average molecular weight is 634 g/mol. The van der Waals surface area contributed by atoms with Crippen molar-refractivity contribution in [3.63, 3.8) is 0 Å². The predicted octanol–water partition coefficient (Wildman–Crippen LogP) is 3.28. The molecule has 13 heteroatoms. The van der Waals surface area contributed by atoms with E-state index in [9.17, 15) is 20.5 Å². The Hall–Kier alpha value is -3.88. The molecule has 0 spiro atoms. The van der Waals surface area contributed by atoms with E-state index in [-0.39, 0.29) is 25.4 Å². The van der Waals surface area contributed by atoms with Crippen molar-refractivity contribution >= 4 is 5.97 Å². The molecule has 6 rings (SSSR count). The van der Waals surface area contributed by atoms with Crippen molar-refractivity contribution in [2.45, 2.75) is 74.6 Å². The smallest absolute Gasteiger partial charge is 0.338 e. The molecule has 2 bridgehead atoms. The molecular weight excluding hydrogens is 598 g/mol. The number of hydrogen-bond donors (Lipinski definition) is 2. The van der Waals surface area contributed by atoms with Crippen LogP contribution < -0.4 is 0 Å². The number of nitrogens with zero attached hydrogens (tertiary/aromatic N) is 3. The molecule has 0 unspecified atom stereocenters. The molecule has 0 aromatic heterocycles. The Morgan fingerprint density at radius 1 is 0.848 bits per heavy atom. The molecule has 10 atom stereocenters. The molecule has 242 valence electrons. The zero-order valence-corrected chi connectivity index (χ0v) is 24.8. The summed E-state index contributed by atoms with van der Waals surface area (Å²) in [6, 6.07) is 26.2. The topological polar surface area (TPSA) is 171 Å². The van der Waals surface area contributed by atoms with E-state index in [1.165, 1.54) is 0 Å². The Bertz CT molecular complexity index is 1460. The van der Waals surface area contributed by atoms with Crippen LogP contribution in [0.5, 0.6) is 0 Å². The van der Waals surface area contributed by atoms with E-state index in [0.29, 0.717) is 0 Å². The molecule has 2 N–H and O–H groups in total. The van der Waals surface area contributed by atoms with Gasteiger partial charge in [0, 0.05) is 4.91 Å². The van der Waals surface area contributed by atoms with Crippen LogP contribution in [-0.4, -0.2) is 90.7 Å². The highest BCUT2D eigenvalue weighted by Gasteiger charge is 2.56. The van der Waals surface area contributed by atoms with Gasteiger partial charge in [0.25, 0.3) is 0 Å². The summed E-state index contributed by atoms with van der Waals surface area (Å²) in [4.78, 5) is 16.4. The zero-order valence-electron chi connectivity index (χ0n) is 24.8. The highest BCUT2D eigenvalue weighted by molar-refractivity contribution is 5.89. The SMILES string of the molecule is [N-]=[N+]=N[C@H]1[C@@H]2OC[C@@H](O2)[C@@H](O[C@@H]2O[C@@H](CO)[C@@H](O)[C@H](OCc3ccccc3)[C@H]2OC(=O)c2ccccc2)[C@@H]1OCc1ccccc1. The quantitative estimate of drug-likeness (QED) is 0.131. The van der Waals surface area contributed by atoms with Gasteiger partial charge < -0.3 is 43.4 Å². The Morgan fingerprint density at radius 2 is 1.46 bits per heavy atom. The summed E-state index contributed by atoms with van der Waals surface area (Å²) in [6.07, 6.45) is -9.68. The van der Waals surface area contributed by atoms with Gasteiger partial charge in [-0.15, -0.1) is 0 Å². The molecule has 3 aromatic rings. The Kier molecular flexibility index (Phi) is 10.6. The van der Waals surface area contributed by atoms with Crippen molar-refractivity contribution in [1.29, 1.82) is 0 Å². The second kappa shape index (κ2) is 15.1. The van der Waals surface area contributed by atoms with E-state index in [1.807, 2.05) is 60.7 Å². The fourth-order valence-electron chi connectivity index (χ4n) is 5.81. The number of esters is 1. The van der Waals surface area contributed by atoms with Gasteiger partial charge in [-0.05, 0) is 28.8 Å². The minimum Gasteiger partial charge on any atom is -0.450 e. The molecule has 0 amide bonds. The number of carbonyl (C=O) groups is 1. The largest absolute Gasteiger partial charge is 0.450 e. The van der Waals surface area contributed by atoms with Crippen molar-refractivity contribution in [3.8, 4) is 0 Å². The molecule has 0 radical (unpaired) electrons. The number of rotatable bonds is 12. The first-order valence-corrected chi connectivity index (χ1v) is 15.0. The zero-order chi connectivity index (χ0) is 31.9. The molecule has 3 heterocycles. The summed E-state index contributed by atoms with van der Waals surface area (Å²) in [5.41, 5.74) is 11.3. The Balaban J connectivity index is 1.31. The third-order valence-electron chi connectivity index (χ3n) is 8.14. The van der Waals surface area contributed by atoms with Crippen LogP contribution in [0.1, 0.15) is 21.5 Å². The van der Waals surface area contributed by atoms with Gasteiger partial charge in [0.05, 0.1) is 32.0 Å². The second-order valence-electron chi connectivity index (χ2n) is 11.1. The number of ether oxygens (including phenoxy) is 7. The van der Waals surface area contributed by atoms with Gasteiger partial charge in [-0.1, -0.05) is 84.0 Å². The van der Waals surface area contributed by atoms with Crippen LogP contribution in [0.3, 0.4) is 0 Å². The maximum atomic E-state index is 13.4.